The zero-order chi connectivity index (χ0) is 25.4. The smallest absolute Gasteiger partial charge is 0.375 e. The van der Waals surface area contributed by atoms with E-state index in [0.29, 0.717) is 31.4 Å². The normalized spacial score (nSPS) is 18.2. The standard InChI is InChI=1S/C22H27F3N8O2S/c1-3-4-14-9-15-18(31-7-8-33-16(11-31)29-30-20(33)22(23,24)25)27-21(28-19(15)36-14)32-6-5-13(10-32)26-17(34)12-35-2/h9,13H,3-8,10-12H2,1-2H3,(H,26,34). The Morgan fingerprint density at radius 1 is 1.22 bits per heavy atom. The van der Waals surface area contributed by atoms with E-state index in [1.165, 1.54) is 12.0 Å². The maximum atomic E-state index is 13.3. The molecule has 1 saturated heterocycles. The Labute approximate surface area is 209 Å². The Bertz CT molecular complexity index is 1260. The lowest BCUT2D eigenvalue weighted by molar-refractivity contribution is -0.147. The van der Waals surface area contributed by atoms with Crippen LogP contribution in [0.15, 0.2) is 6.07 Å². The van der Waals surface area contributed by atoms with Crippen molar-refractivity contribution < 1.29 is 22.7 Å². The maximum Gasteiger partial charge on any atom is 0.451 e. The van der Waals surface area contributed by atoms with Gasteiger partial charge < -0.3 is 24.4 Å². The molecule has 194 valence electrons. The molecule has 0 bridgehead atoms. The van der Waals surface area contributed by atoms with Gasteiger partial charge in [0.1, 0.15) is 17.3 Å². The summed E-state index contributed by atoms with van der Waals surface area (Å²) < 4.78 is 45.9. The van der Waals surface area contributed by atoms with Crippen molar-refractivity contribution in [2.45, 2.75) is 51.5 Å². The summed E-state index contributed by atoms with van der Waals surface area (Å²) in [6, 6.07) is 2.05. The third kappa shape index (κ3) is 4.83. The number of carbonyl (C=O) groups excluding carboxylic acids is 1. The highest BCUT2D eigenvalue weighted by atomic mass is 32.1. The van der Waals surface area contributed by atoms with Gasteiger partial charge in [-0.3, -0.25) is 4.79 Å². The molecule has 5 rings (SSSR count). The second-order valence-electron chi connectivity index (χ2n) is 8.97. The van der Waals surface area contributed by atoms with E-state index in [1.54, 1.807) is 11.3 Å². The number of carbonyl (C=O) groups is 1. The van der Waals surface area contributed by atoms with Crippen LogP contribution in [0.2, 0.25) is 0 Å². The van der Waals surface area contributed by atoms with E-state index < -0.39 is 12.0 Å². The second-order valence-corrected chi connectivity index (χ2v) is 10.1. The molecule has 1 N–H and O–H groups in total. The Hall–Kier alpha value is -3.00. The first-order valence-corrected chi connectivity index (χ1v) is 12.7. The predicted octanol–water partition coefficient (Wildman–Crippen LogP) is 2.62. The van der Waals surface area contributed by atoms with E-state index >= 15 is 0 Å². The molecule has 1 unspecified atom stereocenters. The van der Waals surface area contributed by atoms with Crippen molar-refractivity contribution in [3.63, 3.8) is 0 Å². The minimum atomic E-state index is -4.55. The van der Waals surface area contributed by atoms with Gasteiger partial charge in [0.2, 0.25) is 17.7 Å². The summed E-state index contributed by atoms with van der Waals surface area (Å²) in [7, 11) is 1.48. The topological polar surface area (TPSA) is 101 Å². The lowest BCUT2D eigenvalue weighted by Gasteiger charge is -2.30. The zero-order valence-electron chi connectivity index (χ0n) is 20.0. The summed E-state index contributed by atoms with van der Waals surface area (Å²) in [5.41, 5.74) is 0. The highest BCUT2D eigenvalue weighted by molar-refractivity contribution is 7.18. The summed E-state index contributed by atoms with van der Waals surface area (Å²) >= 11 is 1.61. The lowest BCUT2D eigenvalue weighted by Crippen LogP contribution is -2.39. The highest BCUT2D eigenvalue weighted by Gasteiger charge is 2.40. The van der Waals surface area contributed by atoms with Gasteiger partial charge in [-0.1, -0.05) is 13.3 Å². The van der Waals surface area contributed by atoms with Crippen LogP contribution in [-0.4, -0.2) is 70.0 Å². The number of methoxy groups -OCH3 is 1. The van der Waals surface area contributed by atoms with Crippen LogP contribution in [0.5, 0.6) is 0 Å². The van der Waals surface area contributed by atoms with Crippen LogP contribution < -0.4 is 15.1 Å². The molecule has 1 atom stereocenters. The number of nitrogens with one attached hydrogen (secondary N) is 1. The first kappa shape index (κ1) is 24.7. The first-order valence-electron chi connectivity index (χ1n) is 11.8. The highest BCUT2D eigenvalue weighted by Crippen LogP contribution is 2.36. The molecule has 0 saturated carbocycles. The van der Waals surface area contributed by atoms with Gasteiger partial charge >= 0.3 is 6.18 Å². The van der Waals surface area contributed by atoms with E-state index in [4.69, 9.17) is 14.7 Å². The Morgan fingerprint density at radius 2 is 2.06 bits per heavy atom. The molecule has 3 aromatic heterocycles. The number of ether oxygens (including phenoxy) is 1. The summed E-state index contributed by atoms with van der Waals surface area (Å²) in [4.78, 5) is 27.7. The monoisotopic (exact) mass is 524 g/mol. The van der Waals surface area contributed by atoms with Crippen molar-refractivity contribution in [2.24, 2.45) is 0 Å². The average Bonchev–Trinajstić information content (AvgIpc) is 3.55. The number of aromatic nitrogens is 5. The van der Waals surface area contributed by atoms with Gasteiger partial charge in [-0.2, -0.15) is 18.2 Å². The second kappa shape index (κ2) is 9.81. The van der Waals surface area contributed by atoms with Crippen LogP contribution >= 0.6 is 11.3 Å². The van der Waals surface area contributed by atoms with E-state index in [-0.39, 0.29) is 37.5 Å². The molecule has 14 heteroatoms. The van der Waals surface area contributed by atoms with Gasteiger partial charge in [0.25, 0.3) is 0 Å². The molecule has 0 spiro atoms. The predicted molar refractivity (Wildman–Crippen MR) is 128 cm³/mol. The number of aryl methyl sites for hydroxylation is 1. The van der Waals surface area contributed by atoms with E-state index in [9.17, 15) is 18.0 Å². The first-order chi connectivity index (χ1) is 17.3. The van der Waals surface area contributed by atoms with Crippen LogP contribution in [0, 0.1) is 0 Å². The summed E-state index contributed by atoms with van der Waals surface area (Å²) in [6.45, 7) is 3.99. The molecule has 10 nitrogen and oxygen atoms in total. The number of amides is 1. The van der Waals surface area contributed by atoms with Gasteiger partial charge in [0.15, 0.2) is 5.82 Å². The van der Waals surface area contributed by atoms with E-state index in [0.717, 1.165) is 34.0 Å². The minimum Gasteiger partial charge on any atom is -0.375 e. The number of anilines is 2. The quantitative estimate of drug-likeness (QED) is 0.504. The van der Waals surface area contributed by atoms with Gasteiger partial charge in [-0.05, 0) is 18.9 Å². The summed E-state index contributed by atoms with van der Waals surface area (Å²) in [5.74, 6) is 0.356. The molecule has 2 aliphatic rings. The van der Waals surface area contributed by atoms with Crippen LogP contribution in [0.25, 0.3) is 10.2 Å². The SMILES string of the molecule is CCCc1cc2c(N3CCn4c(nnc4C(F)(F)F)C3)nc(N3CCC(NC(=O)COC)C3)nc2s1. The number of fused-ring (bicyclic) bond motifs is 2. The number of halogens is 3. The van der Waals surface area contributed by atoms with Crippen molar-refractivity contribution >= 4 is 39.2 Å². The molecule has 3 aromatic rings. The molecule has 0 aromatic carbocycles. The number of nitrogens with zero attached hydrogens (tertiary/aromatic N) is 7. The van der Waals surface area contributed by atoms with Crippen molar-refractivity contribution in [2.75, 3.05) is 43.2 Å². The van der Waals surface area contributed by atoms with Crippen LogP contribution in [0.4, 0.5) is 24.9 Å². The van der Waals surface area contributed by atoms with E-state index in [1.807, 2.05) is 9.80 Å². The Balaban J connectivity index is 1.45. The van der Waals surface area contributed by atoms with Crippen molar-refractivity contribution in [3.8, 4) is 0 Å². The van der Waals surface area contributed by atoms with Crippen molar-refractivity contribution in [3.05, 3.63) is 22.6 Å². The molecule has 36 heavy (non-hydrogen) atoms. The molecule has 1 amide bonds. The Morgan fingerprint density at radius 3 is 2.81 bits per heavy atom. The molecule has 0 aliphatic carbocycles. The largest absolute Gasteiger partial charge is 0.451 e. The molecule has 1 fully saturated rings. The number of hydrogen-bond acceptors (Lipinski definition) is 9. The maximum absolute atomic E-state index is 13.3. The number of rotatable bonds is 7. The number of thiophene rings is 1. The zero-order valence-corrected chi connectivity index (χ0v) is 20.8. The molecule has 0 radical (unpaired) electrons. The summed E-state index contributed by atoms with van der Waals surface area (Å²) in [5, 5.41) is 11.1. The van der Waals surface area contributed by atoms with Gasteiger partial charge in [0.05, 0.1) is 11.9 Å². The fourth-order valence-corrected chi connectivity index (χ4v) is 5.82. The number of hydrogen-bond donors (Lipinski definition) is 1. The third-order valence-corrected chi connectivity index (χ3v) is 7.41. The minimum absolute atomic E-state index is 0.00808. The fraction of sp³-hybridized carbons (Fsp3) is 0.591. The third-order valence-electron chi connectivity index (χ3n) is 6.33. The fourth-order valence-electron chi connectivity index (χ4n) is 4.71. The molecular formula is C22H27F3N8O2S. The molecule has 2 aliphatic heterocycles. The Kier molecular flexibility index (Phi) is 6.72. The van der Waals surface area contributed by atoms with Crippen LogP contribution in [0.1, 0.15) is 36.3 Å². The van der Waals surface area contributed by atoms with Crippen LogP contribution in [0.3, 0.4) is 0 Å². The lowest BCUT2D eigenvalue weighted by atomic mass is 10.2. The van der Waals surface area contributed by atoms with Crippen LogP contribution in [-0.2, 0) is 35.2 Å². The molecule has 5 heterocycles. The molecular weight excluding hydrogens is 497 g/mol. The van der Waals surface area contributed by atoms with Gasteiger partial charge in [-0.25, -0.2) is 4.98 Å². The number of alkyl halides is 3. The van der Waals surface area contributed by atoms with Crippen molar-refractivity contribution in [1.82, 2.24) is 30.0 Å². The average molecular weight is 525 g/mol. The van der Waals surface area contributed by atoms with Gasteiger partial charge in [-0.15, -0.1) is 21.5 Å². The van der Waals surface area contributed by atoms with Gasteiger partial charge in [0, 0.05) is 44.2 Å². The van der Waals surface area contributed by atoms with E-state index in [2.05, 4.69) is 28.5 Å². The summed E-state index contributed by atoms with van der Waals surface area (Å²) in [6.07, 6.45) is -1.89. The van der Waals surface area contributed by atoms with Crippen molar-refractivity contribution in [1.29, 1.82) is 0 Å².